The van der Waals surface area contributed by atoms with Crippen molar-refractivity contribution >= 4 is 45.0 Å². The van der Waals surface area contributed by atoms with Crippen molar-refractivity contribution in [3.05, 3.63) is 92.2 Å². The minimum Gasteiger partial charge on any atom is -0.484 e. The van der Waals surface area contributed by atoms with Crippen molar-refractivity contribution in [3.8, 4) is 5.75 Å². The van der Waals surface area contributed by atoms with Crippen LogP contribution in [0.2, 0.25) is 5.02 Å². The van der Waals surface area contributed by atoms with Crippen LogP contribution in [0.25, 0.3) is 0 Å². The van der Waals surface area contributed by atoms with Crippen molar-refractivity contribution in [2.24, 2.45) is 0 Å². The summed E-state index contributed by atoms with van der Waals surface area (Å²) in [7, 11) is 0. The van der Waals surface area contributed by atoms with Crippen molar-refractivity contribution in [1.29, 1.82) is 0 Å². The number of rotatable bonds is 4. The van der Waals surface area contributed by atoms with E-state index in [0.29, 0.717) is 31.9 Å². The van der Waals surface area contributed by atoms with Crippen LogP contribution in [0.1, 0.15) is 40.6 Å². The highest BCUT2D eigenvalue weighted by atomic mass is 79.9. The quantitative estimate of drug-likeness (QED) is 0.322. The van der Waals surface area contributed by atoms with Crippen molar-refractivity contribution in [1.82, 2.24) is 5.32 Å². The summed E-state index contributed by atoms with van der Waals surface area (Å²) < 4.78 is 59.5. The number of nitrogens with one attached hydrogen (secondary N) is 2. The van der Waals surface area contributed by atoms with Gasteiger partial charge in [-0.2, -0.15) is 13.2 Å². The first-order valence-corrected chi connectivity index (χ1v) is 12.7. The highest BCUT2D eigenvalue weighted by Crippen LogP contribution is 2.59. The number of piperidine rings is 1. The molecule has 11 heteroatoms. The summed E-state index contributed by atoms with van der Waals surface area (Å²) in [5.74, 6) is -2.62. The highest BCUT2D eigenvalue weighted by Gasteiger charge is 2.62. The largest absolute Gasteiger partial charge is 0.484 e. The zero-order chi connectivity index (χ0) is 27.4. The predicted molar refractivity (Wildman–Crippen MR) is 137 cm³/mol. The van der Waals surface area contributed by atoms with E-state index in [1.165, 1.54) is 24.3 Å². The summed E-state index contributed by atoms with van der Waals surface area (Å²) in [6, 6.07) is 12.2. The Bertz CT molecular complexity index is 1460. The molecule has 2 heterocycles. The Morgan fingerprint density at radius 3 is 2.58 bits per heavy atom. The van der Waals surface area contributed by atoms with Crippen LogP contribution < -0.4 is 15.4 Å². The molecule has 0 radical (unpaired) electrons. The lowest BCUT2D eigenvalue weighted by atomic mass is 9.59. The Hall–Kier alpha value is -3.11. The number of amides is 2. The lowest BCUT2D eigenvalue weighted by Crippen LogP contribution is -2.57. The fourth-order valence-corrected chi connectivity index (χ4v) is 6.08. The van der Waals surface area contributed by atoms with Crippen LogP contribution >= 0.6 is 27.5 Å². The molecule has 3 aromatic carbocycles. The molecule has 1 saturated heterocycles. The maximum absolute atomic E-state index is 14.5. The number of aryl methyl sites for hydroxylation is 1. The fourth-order valence-electron chi connectivity index (χ4n) is 5.53. The fraction of sp³-hybridized carbons (Fsp3) is 0.259. The molecular formula is C27H20BrClF4N2O3. The molecule has 0 aromatic heterocycles. The number of halogens is 6. The summed E-state index contributed by atoms with van der Waals surface area (Å²) in [5.41, 5.74) is 0.533. The molecule has 198 valence electrons. The zero-order valence-corrected chi connectivity index (χ0v) is 22.1. The van der Waals surface area contributed by atoms with Gasteiger partial charge in [0, 0.05) is 33.1 Å². The van der Waals surface area contributed by atoms with Crippen molar-refractivity contribution in [2.75, 3.05) is 11.9 Å². The molecule has 0 unspecified atom stereocenters. The van der Waals surface area contributed by atoms with E-state index in [2.05, 4.69) is 26.6 Å². The van der Waals surface area contributed by atoms with Gasteiger partial charge in [-0.05, 0) is 66.1 Å². The van der Waals surface area contributed by atoms with E-state index in [0.717, 1.165) is 0 Å². The molecule has 2 N–H and O–H groups in total. The van der Waals surface area contributed by atoms with E-state index < -0.39 is 47.8 Å². The van der Waals surface area contributed by atoms with Crippen molar-refractivity contribution in [3.63, 3.8) is 0 Å². The van der Waals surface area contributed by atoms with E-state index >= 15 is 0 Å². The number of carbonyl (C=O) groups excluding carboxylic acids is 2. The number of benzene rings is 3. The van der Waals surface area contributed by atoms with Gasteiger partial charge in [0.25, 0.3) is 0 Å². The van der Waals surface area contributed by atoms with E-state index in [9.17, 15) is 27.2 Å². The number of hydrogen-bond donors (Lipinski definition) is 2. The summed E-state index contributed by atoms with van der Waals surface area (Å²) in [5, 5.41) is 6.07. The maximum atomic E-state index is 14.5. The molecule has 2 aliphatic rings. The minimum absolute atomic E-state index is 0.116. The van der Waals surface area contributed by atoms with Crippen molar-refractivity contribution in [2.45, 2.75) is 36.9 Å². The maximum Gasteiger partial charge on any atom is 0.422 e. The predicted octanol–water partition coefficient (Wildman–Crippen LogP) is 6.73. The van der Waals surface area contributed by atoms with E-state index in [1.807, 2.05) is 0 Å². The number of hydrogen-bond acceptors (Lipinski definition) is 3. The smallest absolute Gasteiger partial charge is 0.422 e. The standard InChI is InChI=1S/C27H20BrClF4N2O3/c1-13-2-5-16(30)10-17(13)24-27(19-6-4-15(29)9-21(19)34-25(27)37)20(11-23(36)35-24)18-8-14(28)3-7-22(18)38-12-26(31,32)33/h2-10,20,24H,11-12H2,1H3,(H,34,37)(H,35,36)/t20-,24+,27-/m1/s1. The molecule has 38 heavy (non-hydrogen) atoms. The Kier molecular flexibility index (Phi) is 6.67. The van der Waals surface area contributed by atoms with Gasteiger partial charge < -0.3 is 15.4 Å². The lowest BCUT2D eigenvalue weighted by molar-refractivity contribution is -0.153. The second-order valence-corrected chi connectivity index (χ2v) is 10.7. The van der Waals surface area contributed by atoms with Gasteiger partial charge in [0.2, 0.25) is 11.8 Å². The molecule has 0 bridgehead atoms. The van der Waals surface area contributed by atoms with Gasteiger partial charge in [-0.15, -0.1) is 0 Å². The van der Waals surface area contributed by atoms with Gasteiger partial charge in [0.05, 0.1) is 6.04 Å². The normalized spacial score (nSPS) is 22.7. The average molecular weight is 612 g/mol. The summed E-state index contributed by atoms with van der Waals surface area (Å²) in [6.07, 6.45) is -4.85. The zero-order valence-electron chi connectivity index (χ0n) is 19.8. The number of fused-ring (bicyclic) bond motifs is 2. The third-order valence-electron chi connectivity index (χ3n) is 7.04. The second-order valence-electron chi connectivity index (χ2n) is 9.36. The number of ether oxygens (including phenoxy) is 1. The Labute approximate surface area is 228 Å². The number of alkyl halides is 3. The number of carbonyl (C=O) groups is 2. The van der Waals surface area contributed by atoms with E-state index in [-0.39, 0.29) is 17.7 Å². The van der Waals surface area contributed by atoms with Gasteiger partial charge >= 0.3 is 6.18 Å². The average Bonchev–Trinajstić information content (AvgIpc) is 3.11. The molecule has 5 nitrogen and oxygen atoms in total. The molecular weight excluding hydrogens is 592 g/mol. The molecule has 5 rings (SSSR count). The van der Waals surface area contributed by atoms with Gasteiger partial charge in [-0.25, -0.2) is 4.39 Å². The first-order valence-electron chi connectivity index (χ1n) is 11.6. The molecule has 0 saturated carbocycles. The van der Waals surface area contributed by atoms with Gasteiger partial charge in [-0.3, -0.25) is 9.59 Å². The molecule has 0 aliphatic carbocycles. The highest BCUT2D eigenvalue weighted by molar-refractivity contribution is 9.10. The first-order chi connectivity index (χ1) is 17.9. The first kappa shape index (κ1) is 26.5. The van der Waals surface area contributed by atoms with Gasteiger partial charge in [0.15, 0.2) is 6.61 Å². The van der Waals surface area contributed by atoms with Crippen LogP contribution in [-0.2, 0) is 15.0 Å². The Morgan fingerprint density at radius 1 is 1.08 bits per heavy atom. The molecule has 3 aromatic rings. The molecule has 1 fully saturated rings. The van der Waals surface area contributed by atoms with Crippen LogP contribution in [0.15, 0.2) is 59.1 Å². The Morgan fingerprint density at radius 2 is 1.84 bits per heavy atom. The van der Waals surface area contributed by atoms with Crippen LogP contribution in [0.3, 0.4) is 0 Å². The summed E-state index contributed by atoms with van der Waals surface area (Å²) in [4.78, 5) is 27.2. The van der Waals surface area contributed by atoms with Crippen LogP contribution in [0.4, 0.5) is 23.2 Å². The van der Waals surface area contributed by atoms with Crippen LogP contribution in [0, 0.1) is 12.7 Å². The van der Waals surface area contributed by atoms with Gasteiger partial charge in [0.1, 0.15) is 17.0 Å². The summed E-state index contributed by atoms with van der Waals surface area (Å²) >= 11 is 9.56. The van der Waals surface area contributed by atoms with Crippen LogP contribution in [0.5, 0.6) is 5.75 Å². The second kappa shape index (κ2) is 9.57. The molecule has 2 amide bonds. The lowest BCUT2D eigenvalue weighted by Gasteiger charge is -2.47. The summed E-state index contributed by atoms with van der Waals surface area (Å²) in [6.45, 7) is 0.170. The van der Waals surface area contributed by atoms with Crippen molar-refractivity contribution < 1.29 is 31.9 Å². The SMILES string of the molecule is Cc1ccc(F)cc1[C@@H]1NC(=O)C[C@H](c2cc(Br)ccc2OCC(F)(F)F)[C@@]12C(=O)Nc1cc(Cl)ccc12. The monoisotopic (exact) mass is 610 g/mol. The van der Waals surface area contributed by atoms with Crippen LogP contribution in [-0.4, -0.2) is 24.6 Å². The molecule has 2 aliphatic heterocycles. The van der Waals surface area contributed by atoms with Gasteiger partial charge in [-0.1, -0.05) is 39.7 Å². The topological polar surface area (TPSA) is 67.4 Å². The molecule has 3 atom stereocenters. The third-order valence-corrected chi connectivity index (χ3v) is 7.77. The van der Waals surface area contributed by atoms with E-state index in [1.54, 1.807) is 37.3 Å². The van der Waals surface area contributed by atoms with E-state index in [4.69, 9.17) is 16.3 Å². The minimum atomic E-state index is -4.61. The molecule has 1 spiro atoms. The number of anilines is 1. The Balaban J connectivity index is 1.80. The third kappa shape index (κ3) is 4.53.